The smallest absolute Gasteiger partial charge is 0.407 e. The molecule has 0 aliphatic rings. The van der Waals surface area contributed by atoms with Crippen molar-refractivity contribution in [2.45, 2.75) is 51.6 Å². The molecule has 130 valence electrons. The molecule has 0 aliphatic carbocycles. The maximum absolute atomic E-state index is 13.7. The van der Waals surface area contributed by atoms with Crippen molar-refractivity contribution in [2.75, 3.05) is 6.54 Å². The molecule has 0 heterocycles. The lowest BCUT2D eigenvalue weighted by atomic mass is 9.99. The molecule has 1 aromatic carbocycles. The summed E-state index contributed by atoms with van der Waals surface area (Å²) in [6.07, 6.45) is -3.34. The standard InChI is InChI=1S/C16H24FNO5/c1-16(2,3)23-15(22)18-7-6-13(20)14(21)11-8-10(9-19)4-5-12(11)17/h4-5,8,13-14,19-21H,6-7,9H2,1-3H3,(H,18,22). The fourth-order valence-corrected chi connectivity index (χ4v) is 1.92. The molecule has 0 saturated heterocycles. The molecule has 0 radical (unpaired) electrons. The zero-order valence-corrected chi connectivity index (χ0v) is 13.5. The van der Waals surface area contributed by atoms with E-state index in [2.05, 4.69) is 5.32 Å². The highest BCUT2D eigenvalue weighted by Gasteiger charge is 2.22. The van der Waals surface area contributed by atoms with Gasteiger partial charge in [0.2, 0.25) is 0 Å². The maximum Gasteiger partial charge on any atom is 0.407 e. The van der Waals surface area contributed by atoms with Gasteiger partial charge in [-0.05, 0) is 44.9 Å². The highest BCUT2D eigenvalue weighted by molar-refractivity contribution is 5.67. The molecule has 0 bridgehead atoms. The van der Waals surface area contributed by atoms with Gasteiger partial charge in [0.25, 0.3) is 0 Å². The predicted molar refractivity (Wildman–Crippen MR) is 82.1 cm³/mol. The van der Waals surface area contributed by atoms with Gasteiger partial charge < -0.3 is 25.4 Å². The summed E-state index contributed by atoms with van der Waals surface area (Å²) in [6.45, 7) is 4.94. The molecule has 4 N–H and O–H groups in total. The van der Waals surface area contributed by atoms with Gasteiger partial charge in [0.1, 0.15) is 17.5 Å². The first kappa shape index (κ1) is 19.3. The van der Waals surface area contributed by atoms with Gasteiger partial charge in [0.05, 0.1) is 12.7 Å². The molecule has 23 heavy (non-hydrogen) atoms. The fourth-order valence-electron chi connectivity index (χ4n) is 1.92. The van der Waals surface area contributed by atoms with Crippen LogP contribution in [-0.2, 0) is 11.3 Å². The lowest BCUT2D eigenvalue weighted by Crippen LogP contribution is -2.34. The molecule has 0 aromatic heterocycles. The van der Waals surface area contributed by atoms with E-state index in [1.165, 1.54) is 12.1 Å². The Balaban J connectivity index is 2.54. The lowest BCUT2D eigenvalue weighted by molar-refractivity contribution is 0.0103. The summed E-state index contributed by atoms with van der Waals surface area (Å²) < 4.78 is 18.7. The largest absolute Gasteiger partial charge is 0.444 e. The zero-order chi connectivity index (χ0) is 17.6. The second-order valence-corrected chi connectivity index (χ2v) is 6.24. The monoisotopic (exact) mass is 329 g/mol. The number of hydrogen-bond donors (Lipinski definition) is 4. The Kier molecular flexibility index (Phi) is 6.93. The first-order chi connectivity index (χ1) is 10.6. The number of halogens is 1. The van der Waals surface area contributed by atoms with Crippen LogP contribution in [0.5, 0.6) is 0 Å². The molecule has 7 heteroatoms. The van der Waals surface area contributed by atoms with Crippen LogP contribution in [0.25, 0.3) is 0 Å². The van der Waals surface area contributed by atoms with Crippen LogP contribution in [0.4, 0.5) is 9.18 Å². The van der Waals surface area contributed by atoms with Gasteiger partial charge in [-0.15, -0.1) is 0 Å². The zero-order valence-electron chi connectivity index (χ0n) is 13.5. The number of carbonyl (C=O) groups is 1. The second-order valence-electron chi connectivity index (χ2n) is 6.24. The number of benzene rings is 1. The summed E-state index contributed by atoms with van der Waals surface area (Å²) in [7, 11) is 0. The Hall–Kier alpha value is -1.70. The van der Waals surface area contributed by atoms with Crippen LogP contribution in [0.2, 0.25) is 0 Å². The second kappa shape index (κ2) is 8.24. The van der Waals surface area contributed by atoms with Crippen LogP contribution < -0.4 is 5.32 Å². The number of aliphatic hydroxyl groups is 3. The molecule has 0 spiro atoms. The number of hydrogen-bond acceptors (Lipinski definition) is 5. The number of aliphatic hydroxyl groups excluding tert-OH is 3. The summed E-state index contributed by atoms with van der Waals surface area (Å²) in [4.78, 5) is 11.5. The summed E-state index contributed by atoms with van der Waals surface area (Å²) in [6, 6.07) is 3.81. The van der Waals surface area contributed by atoms with E-state index in [4.69, 9.17) is 9.84 Å². The number of alkyl carbamates (subject to hydrolysis) is 1. The summed E-state index contributed by atoms with van der Waals surface area (Å²) >= 11 is 0. The molecule has 6 nitrogen and oxygen atoms in total. The van der Waals surface area contributed by atoms with Gasteiger partial charge in [0, 0.05) is 12.1 Å². The highest BCUT2D eigenvalue weighted by Crippen LogP contribution is 2.23. The quantitative estimate of drug-likeness (QED) is 0.636. The van der Waals surface area contributed by atoms with Gasteiger partial charge >= 0.3 is 6.09 Å². The third-order valence-corrected chi connectivity index (χ3v) is 3.03. The first-order valence-electron chi connectivity index (χ1n) is 7.36. The highest BCUT2D eigenvalue weighted by atomic mass is 19.1. The van der Waals surface area contributed by atoms with Gasteiger partial charge in [0.15, 0.2) is 0 Å². The Bertz CT molecular complexity index is 530. The number of nitrogens with one attached hydrogen (secondary N) is 1. The van der Waals surface area contributed by atoms with E-state index >= 15 is 0 Å². The van der Waals surface area contributed by atoms with E-state index in [1.807, 2.05) is 0 Å². The first-order valence-corrected chi connectivity index (χ1v) is 7.36. The SMILES string of the molecule is CC(C)(C)OC(=O)NCCC(O)C(O)c1cc(CO)ccc1F. The molecule has 1 aromatic rings. The Morgan fingerprint density at radius 3 is 2.57 bits per heavy atom. The molecule has 2 atom stereocenters. The Labute approximate surface area is 134 Å². The summed E-state index contributed by atoms with van der Waals surface area (Å²) in [5, 5.41) is 31.4. The van der Waals surface area contributed by atoms with Crippen molar-refractivity contribution in [1.29, 1.82) is 0 Å². The van der Waals surface area contributed by atoms with Crippen LogP contribution in [-0.4, -0.2) is 39.7 Å². The normalized spacial score (nSPS) is 14.2. The van der Waals surface area contributed by atoms with Crippen molar-refractivity contribution >= 4 is 6.09 Å². The molecule has 1 amide bonds. The third kappa shape index (κ3) is 6.52. The minimum atomic E-state index is -1.46. The van der Waals surface area contributed by atoms with Crippen LogP contribution in [0.15, 0.2) is 18.2 Å². The summed E-state index contributed by atoms with van der Waals surface area (Å²) in [5.74, 6) is -0.672. The molecule has 0 saturated carbocycles. The van der Waals surface area contributed by atoms with E-state index < -0.39 is 29.7 Å². The van der Waals surface area contributed by atoms with E-state index in [9.17, 15) is 19.4 Å². The van der Waals surface area contributed by atoms with Crippen molar-refractivity contribution in [3.63, 3.8) is 0 Å². The Morgan fingerprint density at radius 1 is 1.35 bits per heavy atom. The minimum absolute atomic E-state index is 0.0171. The molecule has 2 unspecified atom stereocenters. The molecular formula is C16H24FNO5. The average Bonchev–Trinajstić information content (AvgIpc) is 2.45. The summed E-state index contributed by atoms with van der Waals surface area (Å²) in [5.41, 5.74) is -0.295. The number of ether oxygens (including phenoxy) is 1. The topological polar surface area (TPSA) is 99.0 Å². The van der Waals surface area contributed by atoms with Gasteiger partial charge in [-0.3, -0.25) is 0 Å². The van der Waals surface area contributed by atoms with E-state index in [1.54, 1.807) is 20.8 Å². The molecule has 0 fully saturated rings. The number of carbonyl (C=O) groups excluding carboxylic acids is 1. The minimum Gasteiger partial charge on any atom is -0.444 e. The van der Waals surface area contributed by atoms with Crippen LogP contribution in [0.3, 0.4) is 0 Å². The van der Waals surface area contributed by atoms with E-state index in [-0.39, 0.29) is 25.1 Å². The van der Waals surface area contributed by atoms with Crippen molar-refractivity contribution < 1.29 is 29.2 Å². The Morgan fingerprint density at radius 2 is 2.00 bits per heavy atom. The lowest BCUT2D eigenvalue weighted by Gasteiger charge is -2.21. The van der Waals surface area contributed by atoms with Gasteiger partial charge in [-0.2, -0.15) is 0 Å². The van der Waals surface area contributed by atoms with E-state index in [0.29, 0.717) is 5.56 Å². The molecular weight excluding hydrogens is 305 g/mol. The maximum atomic E-state index is 13.7. The predicted octanol–water partition coefficient (Wildman–Crippen LogP) is 1.63. The van der Waals surface area contributed by atoms with Crippen molar-refractivity contribution in [1.82, 2.24) is 5.32 Å². The van der Waals surface area contributed by atoms with Crippen LogP contribution in [0.1, 0.15) is 44.4 Å². The molecule has 0 aliphatic heterocycles. The van der Waals surface area contributed by atoms with Crippen LogP contribution in [0, 0.1) is 5.82 Å². The van der Waals surface area contributed by atoms with Gasteiger partial charge in [-0.1, -0.05) is 6.07 Å². The van der Waals surface area contributed by atoms with Crippen LogP contribution >= 0.6 is 0 Å². The molecule has 1 rings (SSSR count). The van der Waals surface area contributed by atoms with Crippen molar-refractivity contribution in [3.05, 3.63) is 35.1 Å². The number of rotatable bonds is 6. The van der Waals surface area contributed by atoms with Gasteiger partial charge in [-0.25, -0.2) is 9.18 Å². The fraction of sp³-hybridized carbons (Fsp3) is 0.562. The van der Waals surface area contributed by atoms with Crippen molar-refractivity contribution in [3.8, 4) is 0 Å². The van der Waals surface area contributed by atoms with Crippen molar-refractivity contribution in [2.24, 2.45) is 0 Å². The average molecular weight is 329 g/mol. The van der Waals surface area contributed by atoms with E-state index in [0.717, 1.165) is 6.07 Å². The number of amides is 1. The third-order valence-electron chi connectivity index (χ3n) is 3.03.